The van der Waals surface area contributed by atoms with Gasteiger partial charge >= 0.3 is 0 Å². The van der Waals surface area contributed by atoms with E-state index in [9.17, 15) is 9.59 Å². The summed E-state index contributed by atoms with van der Waals surface area (Å²) in [7, 11) is 1.57. The monoisotopic (exact) mass is 500 g/mol. The van der Waals surface area contributed by atoms with Crippen LogP contribution in [0, 0.1) is 0 Å². The number of benzene rings is 2. The van der Waals surface area contributed by atoms with E-state index in [1.165, 1.54) is 12.8 Å². The zero-order valence-electron chi connectivity index (χ0n) is 20.8. The number of halogens is 1. The SMILES string of the molecule is CCCOc1ccc([C@H](C(=O)NC2CCCCCC2)N(Cc2ccccc2)C(=O)CCl)cc1OC. The van der Waals surface area contributed by atoms with Crippen molar-refractivity contribution in [3.63, 3.8) is 0 Å². The van der Waals surface area contributed by atoms with Crippen LogP contribution in [0.2, 0.25) is 0 Å². The van der Waals surface area contributed by atoms with Crippen molar-refractivity contribution in [1.29, 1.82) is 0 Å². The van der Waals surface area contributed by atoms with E-state index in [-0.39, 0.29) is 30.3 Å². The predicted octanol–water partition coefficient (Wildman–Crippen LogP) is 5.63. The third-order valence-electron chi connectivity index (χ3n) is 6.36. The van der Waals surface area contributed by atoms with E-state index in [4.69, 9.17) is 21.1 Å². The van der Waals surface area contributed by atoms with Gasteiger partial charge in [0.2, 0.25) is 11.8 Å². The fraction of sp³-hybridized carbons (Fsp3) is 0.500. The fourth-order valence-electron chi connectivity index (χ4n) is 4.54. The van der Waals surface area contributed by atoms with Gasteiger partial charge in [-0.1, -0.05) is 69.0 Å². The van der Waals surface area contributed by atoms with E-state index in [2.05, 4.69) is 5.32 Å². The number of nitrogens with one attached hydrogen (secondary N) is 1. The Balaban J connectivity index is 1.99. The standard InChI is InChI=1S/C28H37ClN2O4/c1-3-17-35-24-16-15-22(18-25(24)34-2)27(28(33)30-23-13-9-4-5-10-14-23)31(26(32)19-29)20-21-11-7-6-8-12-21/h6-8,11-12,15-16,18,23,27H,3-5,9-10,13-14,17,19-20H2,1-2H3,(H,30,33)/t27-/m1/s1. The molecule has 3 rings (SSSR count). The van der Waals surface area contributed by atoms with E-state index in [0.717, 1.165) is 37.7 Å². The molecule has 35 heavy (non-hydrogen) atoms. The van der Waals surface area contributed by atoms with Crippen LogP contribution in [-0.4, -0.2) is 42.4 Å². The Kier molecular flexibility index (Phi) is 10.7. The molecular weight excluding hydrogens is 464 g/mol. The molecule has 0 spiro atoms. The van der Waals surface area contributed by atoms with E-state index in [0.29, 0.717) is 23.7 Å². The molecule has 0 aromatic heterocycles. The van der Waals surface area contributed by atoms with Gasteiger partial charge in [-0.05, 0) is 42.5 Å². The first-order chi connectivity index (χ1) is 17.1. The molecule has 0 heterocycles. The van der Waals surface area contributed by atoms with Crippen molar-refractivity contribution in [3.8, 4) is 11.5 Å². The van der Waals surface area contributed by atoms with Crippen LogP contribution in [0.1, 0.15) is 69.0 Å². The summed E-state index contributed by atoms with van der Waals surface area (Å²) in [5, 5.41) is 3.24. The minimum atomic E-state index is -0.848. The van der Waals surface area contributed by atoms with Gasteiger partial charge in [-0.15, -0.1) is 11.6 Å². The molecule has 1 saturated carbocycles. The van der Waals surface area contributed by atoms with Gasteiger partial charge in [-0.2, -0.15) is 0 Å². The number of hydrogen-bond acceptors (Lipinski definition) is 4. The largest absolute Gasteiger partial charge is 0.493 e. The number of rotatable bonds is 11. The molecule has 0 radical (unpaired) electrons. The third-order valence-corrected chi connectivity index (χ3v) is 6.59. The van der Waals surface area contributed by atoms with E-state index < -0.39 is 6.04 Å². The van der Waals surface area contributed by atoms with Crippen LogP contribution in [0.3, 0.4) is 0 Å². The average molecular weight is 501 g/mol. The lowest BCUT2D eigenvalue weighted by Crippen LogP contribution is -2.46. The second-order valence-electron chi connectivity index (χ2n) is 9.00. The van der Waals surface area contributed by atoms with E-state index in [1.54, 1.807) is 18.1 Å². The van der Waals surface area contributed by atoms with Crippen molar-refractivity contribution in [2.75, 3.05) is 19.6 Å². The Bertz CT molecular complexity index is 945. The molecule has 2 aromatic rings. The highest BCUT2D eigenvalue weighted by molar-refractivity contribution is 6.27. The number of ether oxygens (including phenoxy) is 2. The first-order valence-corrected chi connectivity index (χ1v) is 13.1. The topological polar surface area (TPSA) is 67.9 Å². The van der Waals surface area contributed by atoms with Crippen LogP contribution in [0.4, 0.5) is 0 Å². The lowest BCUT2D eigenvalue weighted by atomic mass is 10.0. The normalized spacial score (nSPS) is 15.1. The lowest BCUT2D eigenvalue weighted by molar-refractivity contribution is -0.140. The molecule has 1 fully saturated rings. The van der Waals surface area contributed by atoms with Crippen LogP contribution in [-0.2, 0) is 16.1 Å². The lowest BCUT2D eigenvalue weighted by Gasteiger charge is -2.32. The summed E-state index contributed by atoms with van der Waals surface area (Å²) in [5.74, 6) is 0.424. The number of carbonyl (C=O) groups is 2. The van der Waals surface area contributed by atoms with Crippen LogP contribution < -0.4 is 14.8 Å². The first kappa shape index (κ1) is 26.9. The molecule has 1 N–H and O–H groups in total. The summed E-state index contributed by atoms with van der Waals surface area (Å²) in [6, 6.07) is 14.3. The Morgan fingerprint density at radius 1 is 1.06 bits per heavy atom. The number of alkyl halides is 1. The Labute approximate surface area is 213 Å². The zero-order valence-corrected chi connectivity index (χ0v) is 21.6. The number of amides is 2. The van der Waals surface area contributed by atoms with Gasteiger partial charge in [0.15, 0.2) is 11.5 Å². The Morgan fingerprint density at radius 2 is 1.77 bits per heavy atom. The molecule has 1 atom stereocenters. The summed E-state index contributed by atoms with van der Waals surface area (Å²) < 4.78 is 11.4. The summed E-state index contributed by atoms with van der Waals surface area (Å²) in [6.45, 7) is 2.87. The first-order valence-electron chi connectivity index (χ1n) is 12.6. The molecule has 2 aromatic carbocycles. The molecule has 2 amide bonds. The summed E-state index contributed by atoms with van der Waals surface area (Å²) in [5.41, 5.74) is 1.58. The molecule has 6 nitrogen and oxygen atoms in total. The van der Waals surface area contributed by atoms with Crippen molar-refractivity contribution < 1.29 is 19.1 Å². The van der Waals surface area contributed by atoms with Crippen LogP contribution in [0.5, 0.6) is 11.5 Å². The molecule has 1 aliphatic carbocycles. The van der Waals surface area contributed by atoms with Crippen molar-refractivity contribution in [3.05, 3.63) is 59.7 Å². The second kappa shape index (κ2) is 14.0. The Morgan fingerprint density at radius 3 is 2.40 bits per heavy atom. The quantitative estimate of drug-likeness (QED) is 0.320. The van der Waals surface area contributed by atoms with Gasteiger partial charge in [0.1, 0.15) is 11.9 Å². The highest BCUT2D eigenvalue weighted by Gasteiger charge is 2.33. The summed E-state index contributed by atoms with van der Waals surface area (Å²) in [6.07, 6.45) is 7.35. The maximum atomic E-state index is 13.8. The highest BCUT2D eigenvalue weighted by atomic mass is 35.5. The summed E-state index contributed by atoms with van der Waals surface area (Å²) >= 11 is 6.04. The van der Waals surface area contributed by atoms with Gasteiger partial charge < -0.3 is 19.7 Å². The van der Waals surface area contributed by atoms with Gasteiger partial charge in [-0.25, -0.2) is 0 Å². The molecule has 0 unspecified atom stereocenters. The van der Waals surface area contributed by atoms with Gasteiger partial charge in [0.25, 0.3) is 0 Å². The van der Waals surface area contributed by atoms with Gasteiger partial charge in [0, 0.05) is 12.6 Å². The zero-order chi connectivity index (χ0) is 25.0. The van der Waals surface area contributed by atoms with Crippen molar-refractivity contribution in [1.82, 2.24) is 10.2 Å². The fourth-order valence-corrected chi connectivity index (χ4v) is 4.70. The third kappa shape index (κ3) is 7.63. The average Bonchev–Trinajstić information content (AvgIpc) is 3.16. The maximum Gasteiger partial charge on any atom is 0.247 e. The van der Waals surface area contributed by atoms with Crippen LogP contribution >= 0.6 is 11.6 Å². The van der Waals surface area contributed by atoms with Crippen LogP contribution in [0.15, 0.2) is 48.5 Å². The summed E-state index contributed by atoms with van der Waals surface area (Å²) in [4.78, 5) is 28.5. The molecular formula is C28H37ClN2O4. The van der Waals surface area contributed by atoms with E-state index in [1.807, 2.05) is 49.4 Å². The highest BCUT2D eigenvalue weighted by Crippen LogP contribution is 2.34. The molecule has 0 bridgehead atoms. The maximum absolute atomic E-state index is 13.8. The Hall–Kier alpha value is -2.73. The van der Waals surface area contributed by atoms with Crippen molar-refractivity contribution in [2.45, 2.75) is 70.5 Å². The molecule has 7 heteroatoms. The van der Waals surface area contributed by atoms with Gasteiger partial charge in [0.05, 0.1) is 13.7 Å². The van der Waals surface area contributed by atoms with E-state index >= 15 is 0 Å². The minimum absolute atomic E-state index is 0.103. The van der Waals surface area contributed by atoms with Crippen LogP contribution in [0.25, 0.3) is 0 Å². The minimum Gasteiger partial charge on any atom is -0.493 e. The second-order valence-corrected chi connectivity index (χ2v) is 9.27. The predicted molar refractivity (Wildman–Crippen MR) is 139 cm³/mol. The number of carbonyl (C=O) groups excluding carboxylic acids is 2. The smallest absolute Gasteiger partial charge is 0.247 e. The van der Waals surface area contributed by atoms with Crippen molar-refractivity contribution in [2.24, 2.45) is 0 Å². The number of nitrogens with zero attached hydrogens (tertiary/aromatic N) is 1. The molecule has 0 saturated heterocycles. The molecule has 1 aliphatic rings. The number of hydrogen-bond donors (Lipinski definition) is 1. The van der Waals surface area contributed by atoms with Gasteiger partial charge in [-0.3, -0.25) is 9.59 Å². The number of methoxy groups -OCH3 is 1. The molecule has 190 valence electrons. The van der Waals surface area contributed by atoms with Crippen molar-refractivity contribution >= 4 is 23.4 Å². The molecule has 0 aliphatic heterocycles.